The lowest BCUT2D eigenvalue weighted by molar-refractivity contribution is 0.306. The van der Waals surface area contributed by atoms with Crippen molar-refractivity contribution >= 4 is 5.70 Å². The number of aromatic nitrogens is 1. The summed E-state index contributed by atoms with van der Waals surface area (Å²) in [5.74, 6) is 0.868. The average molecular weight is 253 g/mol. The summed E-state index contributed by atoms with van der Waals surface area (Å²) in [5.41, 5.74) is 3.38. The van der Waals surface area contributed by atoms with Crippen LogP contribution in [0.25, 0.3) is 5.70 Å². The molecule has 2 N–H and O–H groups in total. The molecule has 1 aromatic carbocycles. The van der Waals surface area contributed by atoms with Crippen LogP contribution in [0.1, 0.15) is 11.1 Å². The van der Waals surface area contributed by atoms with Gasteiger partial charge < -0.3 is 15.4 Å². The van der Waals surface area contributed by atoms with Gasteiger partial charge in [-0.2, -0.15) is 0 Å². The van der Waals surface area contributed by atoms with Crippen LogP contribution in [0.15, 0.2) is 55.0 Å². The van der Waals surface area contributed by atoms with Gasteiger partial charge in [-0.15, -0.1) is 0 Å². The molecule has 0 aliphatic carbocycles. The third-order valence-corrected chi connectivity index (χ3v) is 2.95. The highest BCUT2D eigenvalue weighted by Crippen LogP contribution is 2.18. The van der Waals surface area contributed by atoms with Crippen LogP contribution in [0, 0.1) is 0 Å². The molecule has 2 heterocycles. The predicted molar refractivity (Wildman–Crippen MR) is 74.1 cm³/mol. The first-order chi connectivity index (χ1) is 9.42. The Morgan fingerprint density at radius 3 is 2.53 bits per heavy atom. The van der Waals surface area contributed by atoms with E-state index in [1.807, 2.05) is 42.6 Å². The van der Waals surface area contributed by atoms with Gasteiger partial charge in [-0.05, 0) is 47.5 Å². The van der Waals surface area contributed by atoms with Crippen LogP contribution in [-0.4, -0.2) is 11.7 Å². The Balaban J connectivity index is 1.63. The molecule has 0 saturated heterocycles. The summed E-state index contributed by atoms with van der Waals surface area (Å²) in [7, 11) is 0. The van der Waals surface area contributed by atoms with Crippen LogP contribution in [0.2, 0.25) is 0 Å². The molecule has 1 aliphatic rings. The van der Waals surface area contributed by atoms with Gasteiger partial charge in [0.2, 0.25) is 0 Å². The van der Waals surface area contributed by atoms with Crippen molar-refractivity contribution in [3.05, 3.63) is 66.1 Å². The number of hydrogen-bond acceptors (Lipinski definition) is 4. The van der Waals surface area contributed by atoms with Gasteiger partial charge in [-0.3, -0.25) is 4.98 Å². The molecule has 4 nitrogen and oxygen atoms in total. The molecule has 0 atom stereocenters. The highest BCUT2D eigenvalue weighted by atomic mass is 16.5. The summed E-state index contributed by atoms with van der Waals surface area (Å²) in [5, 5.41) is 6.37. The maximum atomic E-state index is 5.73. The SMILES string of the molecule is C1=C(c2ccc(OCc3ccncc3)cc2)NCN1. The summed E-state index contributed by atoms with van der Waals surface area (Å²) in [6, 6.07) is 12.0. The first kappa shape index (κ1) is 11.6. The fourth-order valence-corrected chi connectivity index (χ4v) is 1.91. The average Bonchev–Trinajstić information content (AvgIpc) is 3.01. The number of ether oxygens (including phenoxy) is 1. The highest BCUT2D eigenvalue weighted by Gasteiger charge is 2.05. The Hall–Kier alpha value is -2.49. The van der Waals surface area contributed by atoms with E-state index in [-0.39, 0.29) is 0 Å². The van der Waals surface area contributed by atoms with Crippen molar-refractivity contribution in [1.82, 2.24) is 15.6 Å². The van der Waals surface area contributed by atoms with E-state index in [0.29, 0.717) is 6.61 Å². The zero-order chi connectivity index (χ0) is 12.9. The van der Waals surface area contributed by atoms with Crippen molar-refractivity contribution in [2.45, 2.75) is 6.61 Å². The van der Waals surface area contributed by atoms with Gasteiger partial charge in [0, 0.05) is 18.6 Å². The maximum absolute atomic E-state index is 5.73. The van der Waals surface area contributed by atoms with Crippen LogP contribution >= 0.6 is 0 Å². The molecule has 0 spiro atoms. The lowest BCUT2D eigenvalue weighted by atomic mass is 10.1. The molecular formula is C15H15N3O. The summed E-state index contributed by atoms with van der Waals surface area (Å²) >= 11 is 0. The minimum Gasteiger partial charge on any atom is -0.489 e. The van der Waals surface area contributed by atoms with E-state index in [1.165, 1.54) is 0 Å². The van der Waals surface area contributed by atoms with E-state index in [9.17, 15) is 0 Å². The first-order valence-electron chi connectivity index (χ1n) is 6.21. The predicted octanol–water partition coefficient (Wildman–Crippen LogP) is 2.11. The molecule has 0 saturated carbocycles. The zero-order valence-electron chi connectivity index (χ0n) is 10.5. The second-order valence-electron chi connectivity index (χ2n) is 4.28. The lowest BCUT2D eigenvalue weighted by Gasteiger charge is -2.08. The number of pyridine rings is 1. The molecule has 0 unspecified atom stereocenters. The molecule has 0 fully saturated rings. The number of hydrogen-bond donors (Lipinski definition) is 2. The van der Waals surface area contributed by atoms with E-state index in [1.54, 1.807) is 12.4 Å². The van der Waals surface area contributed by atoms with Crippen LogP contribution < -0.4 is 15.4 Å². The fourth-order valence-electron chi connectivity index (χ4n) is 1.91. The summed E-state index contributed by atoms with van der Waals surface area (Å²) in [6.07, 6.45) is 5.52. The normalized spacial score (nSPS) is 13.4. The minimum absolute atomic E-state index is 0.560. The Labute approximate surface area is 112 Å². The molecule has 1 aliphatic heterocycles. The second kappa shape index (κ2) is 5.44. The highest BCUT2D eigenvalue weighted by molar-refractivity contribution is 5.65. The van der Waals surface area contributed by atoms with Gasteiger partial charge in [-0.1, -0.05) is 0 Å². The summed E-state index contributed by atoms with van der Waals surface area (Å²) in [6.45, 7) is 1.35. The Morgan fingerprint density at radius 1 is 1.05 bits per heavy atom. The van der Waals surface area contributed by atoms with Gasteiger partial charge in [0.25, 0.3) is 0 Å². The van der Waals surface area contributed by atoms with Crippen molar-refractivity contribution in [1.29, 1.82) is 0 Å². The molecule has 0 bridgehead atoms. The second-order valence-corrected chi connectivity index (χ2v) is 4.28. The largest absolute Gasteiger partial charge is 0.489 e. The third kappa shape index (κ3) is 2.85. The number of nitrogens with one attached hydrogen (secondary N) is 2. The van der Waals surface area contributed by atoms with Gasteiger partial charge >= 0.3 is 0 Å². The fraction of sp³-hybridized carbons (Fsp3) is 0.133. The van der Waals surface area contributed by atoms with E-state index >= 15 is 0 Å². The Morgan fingerprint density at radius 2 is 1.84 bits per heavy atom. The van der Waals surface area contributed by atoms with E-state index < -0.39 is 0 Å². The number of nitrogens with zero attached hydrogens (tertiary/aromatic N) is 1. The third-order valence-electron chi connectivity index (χ3n) is 2.95. The molecule has 0 radical (unpaired) electrons. The van der Waals surface area contributed by atoms with Crippen molar-refractivity contribution in [3.63, 3.8) is 0 Å². The van der Waals surface area contributed by atoms with Gasteiger partial charge in [0.1, 0.15) is 12.4 Å². The molecule has 0 amide bonds. The molecule has 4 heteroatoms. The van der Waals surface area contributed by atoms with Crippen molar-refractivity contribution in [2.75, 3.05) is 6.67 Å². The minimum atomic E-state index is 0.560. The summed E-state index contributed by atoms with van der Waals surface area (Å²) in [4.78, 5) is 3.98. The molecule has 19 heavy (non-hydrogen) atoms. The van der Waals surface area contributed by atoms with Crippen molar-refractivity contribution in [2.24, 2.45) is 0 Å². The topological polar surface area (TPSA) is 46.2 Å². The molecule has 96 valence electrons. The monoisotopic (exact) mass is 253 g/mol. The molecule has 2 aromatic rings. The van der Waals surface area contributed by atoms with Crippen LogP contribution in [-0.2, 0) is 6.61 Å². The van der Waals surface area contributed by atoms with Gasteiger partial charge in [0.15, 0.2) is 0 Å². The van der Waals surface area contributed by atoms with Gasteiger partial charge in [0.05, 0.1) is 12.4 Å². The zero-order valence-corrected chi connectivity index (χ0v) is 10.5. The maximum Gasteiger partial charge on any atom is 0.119 e. The lowest BCUT2D eigenvalue weighted by Crippen LogP contribution is -2.13. The standard InChI is InChI=1S/C15H15N3O/c1-3-14(19-10-12-5-7-16-8-6-12)4-2-13(1)15-9-17-11-18-15/h1-9,17-18H,10-11H2. The first-order valence-corrected chi connectivity index (χ1v) is 6.21. The van der Waals surface area contributed by atoms with Gasteiger partial charge in [-0.25, -0.2) is 0 Å². The Kier molecular flexibility index (Phi) is 3.32. The van der Waals surface area contributed by atoms with Crippen molar-refractivity contribution in [3.8, 4) is 5.75 Å². The number of benzene rings is 1. The molecule has 1 aromatic heterocycles. The molecular weight excluding hydrogens is 238 g/mol. The van der Waals surface area contributed by atoms with E-state index in [0.717, 1.165) is 29.2 Å². The van der Waals surface area contributed by atoms with Crippen LogP contribution in [0.3, 0.4) is 0 Å². The van der Waals surface area contributed by atoms with E-state index in [4.69, 9.17) is 4.74 Å². The summed E-state index contributed by atoms with van der Waals surface area (Å²) < 4.78 is 5.73. The Bertz CT molecular complexity index is 564. The van der Waals surface area contributed by atoms with Crippen LogP contribution in [0.4, 0.5) is 0 Å². The smallest absolute Gasteiger partial charge is 0.119 e. The van der Waals surface area contributed by atoms with Crippen LogP contribution in [0.5, 0.6) is 5.75 Å². The quantitative estimate of drug-likeness (QED) is 0.876. The number of rotatable bonds is 4. The molecule has 3 rings (SSSR count). The van der Waals surface area contributed by atoms with Crippen molar-refractivity contribution < 1.29 is 4.74 Å². The van der Waals surface area contributed by atoms with E-state index in [2.05, 4.69) is 15.6 Å².